The highest BCUT2D eigenvalue weighted by Gasteiger charge is 2.24. The number of hydrogen-bond donors (Lipinski definition) is 1. The molecule has 1 amide bonds. The maximum Gasteiger partial charge on any atom is 0.253 e. The smallest absolute Gasteiger partial charge is 0.253 e. The van der Waals surface area contributed by atoms with Gasteiger partial charge in [-0.3, -0.25) is 9.69 Å². The van der Waals surface area contributed by atoms with Crippen LogP contribution in [0.15, 0.2) is 18.2 Å². The van der Waals surface area contributed by atoms with Crippen LogP contribution in [-0.2, 0) is 17.6 Å². The first-order chi connectivity index (χ1) is 14.4. The Kier molecular flexibility index (Phi) is 8.78. The molecule has 1 heterocycles. The van der Waals surface area contributed by atoms with E-state index in [0.717, 1.165) is 55.7 Å². The van der Waals surface area contributed by atoms with Gasteiger partial charge in [0.15, 0.2) is 11.6 Å². The number of aromatic nitrogens is 2. The SMILES string of the molecule is CCCN(CCC)c1c(C)nc(-c2c(CC)cccc2CC)nc1N(C)C(=O)CO. The Morgan fingerprint density at radius 1 is 1.00 bits per heavy atom. The molecule has 164 valence electrons. The molecule has 30 heavy (non-hydrogen) atoms. The number of hydrogen-bond acceptors (Lipinski definition) is 5. The molecule has 1 aromatic heterocycles. The number of likely N-dealkylation sites (N-methyl/N-ethyl adjacent to an activating group) is 1. The van der Waals surface area contributed by atoms with Crippen molar-refractivity contribution in [3.05, 3.63) is 35.0 Å². The molecule has 1 N–H and O–H groups in total. The summed E-state index contributed by atoms with van der Waals surface area (Å²) in [6.45, 7) is 11.7. The average molecular weight is 413 g/mol. The van der Waals surface area contributed by atoms with Crippen LogP contribution in [0, 0.1) is 6.92 Å². The molecular formula is C24H36N4O2. The predicted octanol–water partition coefficient (Wildman–Crippen LogP) is 4.16. The van der Waals surface area contributed by atoms with E-state index in [1.54, 1.807) is 7.05 Å². The van der Waals surface area contributed by atoms with E-state index in [0.29, 0.717) is 11.6 Å². The molecule has 2 aromatic rings. The van der Waals surface area contributed by atoms with Gasteiger partial charge in [0.1, 0.15) is 12.3 Å². The van der Waals surface area contributed by atoms with Crippen molar-refractivity contribution in [1.29, 1.82) is 0 Å². The first-order valence-corrected chi connectivity index (χ1v) is 11.0. The minimum absolute atomic E-state index is 0.382. The third-order valence-corrected chi connectivity index (χ3v) is 5.39. The lowest BCUT2D eigenvalue weighted by Gasteiger charge is -2.30. The van der Waals surface area contributed by atoms with E-state index in [-0.39, 0.29) is 5.91 Å². The quantitative estimate of drug-likeness (QED) is 0.635. The third-order valence-electron chi connectivity index (χ3n) is 5.39. The average Bonchev–Trinajstić information content (AvgIpc) is 2.76. The highest BCUT2D eigenvalue weighted by molar-refractivity contribution is 5.96. The van der Waals surface area contributed by atoms with Gasteiger partial charge in [0, 0.05) is 25.7 Å². The zero-order chi connectivity index (χ0) is 22.3. The van der Waals surface area contributed by atoms with Crippen LogP contribution >= 0.6 is 0 Å². The minimum atomic E-state index is -0.554. The van der Waals surface area contributed by atoms with Gasteiger partial charge in [-0.2, -0.15) is 0 Å². The van der Waals surface area contributed by atoms with E-state index < -0.39 is 6.61 Å². The monoisotopic (exact) mass is 412 g/mol. The van der Waals surface area contributed by atoms with Crippen molar-refractivity contribution < 1.29 is 9.90 Å². The summed E-state index contributed by atoms with van der Waals surface area (Å²) in [6.07, 6.45) is 3.73. The Labute approximate surface area is 181 Å². The molecule has 0 spiro atoms. The summed E-state index contributed by atoms with van der Waals surface area (Å²) in [5.74, 6) is 0.824. The fourth-order valence-electron chi connectivity index (χ4n) is 3.90. The van der Waals surface area contributed by atoms with E-state index in [1.165, 1.54) is 16.0 Å². The van der Waals surface area contributed by atoms with Gasteiger partial charge < -0.3 is 10.0 Å². The van der Waals surface area contributed by atoms with E-state index >= 15 is 0 Å². The number of amides is 1. The number of aliphatic hydroxyl groups is 1. The molecular weight excluding hydrogens is 376 g/mol. The van der Waals surface area contributed by atoms with E-state index in [1.807, 2.05) is 6.92 Å². The van der Waals surface area contributed by atoms with Crippen LogP contribution in [0.4, 0.5) is 11.5 Å². The topological polar surface area (TPSA) is 69.6 Å². The second-order valence-corrected chi connectivity index (χ2v) is 7.56. The first-order valence-electron chi connectivity index (χ1n) is 11.0. The third kappa shape index (κ3) is 4.98. The molecule has 0 aliphatic rings. The van der Waals surface area contributed by atoms with Crippen molar-refractivity contribution in [1.82, 2.24) is 9.97 Å². The van der Waals surface area contributed by atoms with Crippen LogP contribution in [0.2, 0.25) is 0 Å². The van der Waals surface area contributed by atoms with Gasteiger partial charge in [-0.15, -0.1) is 0 Å². The molecule has 0 aliphatic carbocycles. The summed E-state index contributed by atoms with van der Waals surface area (Å²) in [5.41, 5.74) is 5.17. The van der Waals surface area contributed by atoms with Gasteiger partial charge in [-0.1, -0.05) is 45.9 Å². The summed E-state index contributed by atoms with van der Waals surface area (Å²) < 4.78 is 0. The molecule has 0 radical (unpaired) electrons. The molecule has 1 aromatic carbocycles. The first kappa shape index (κ1) is 23.8. The second-order valence-electron chi connectivity index (χ2n) is 7.56. The maximum absolute atomic E-state index is 12.4. The lowest BCUT2D eigenvalue weighted by atomic mass is 9.96. The predicted molar refractivity (Wildman–Crippen MR) is 124 cm³/mol. The zero-order valence-electron chi connectivity index (χ0n) is 19.3. The molecule has 0 aliphatic heterocycles. The number of benzene rings is 1. The van der Waals surface area contributed by atoms with Crippen LogP contribution < -0.4 is 9.80 Å². The maximum atomic E-state index is 12.4. The van der Waals surface area contributed by atoms with Crippen LogP contribution in [0.3, 0.4) is 0 Å². The van der Waals surface area contributed by atoms with E-state index in [9.17, 15) is 9.90 Å². The molecule has 6 nitrogen and oxygen atoms in total. The van der Waals surface area contributed by atoms with Crippen LogP contribution in [0.1, 0.15) is 57.4 Å². The van der Waals surface area contributed by atoms with Gasteiger partial charge in [-0.05, 0) is 43.7 Å². The van der Waals surface area contributed by atoms with Crippen molar-refractivity contribution in [2.75, 3.05) is 36.5 Å². The Morgan fingerprint density at radius 2 is 1.57 bits per heavy atom. The van der Waals surface area contributed by atoms with Gasteiger partial charge in [0.25, 0.3) is 5.91 Å². The Hall–Kier alpha value is -2.47. The Morgan fingerprint density at radius 3 is 2.03 bits per heavy atom. The Balaban J connectivity index is 2.79. The fraction of sp³-hybridized carbons (Fsp3) is 0.542. The summed E-state index contributed by atoms with van der Waals surface area (Å²) in [4.78, 5) is 26.0. The Bertz CT molecular complexity index is 838. The van der Waals surface area contributed by atoms with Crippen LogP contribution in [-0.4, -0.2) is 47.7 Å². The number of nitrogens with zero attached hydrogens (tertiary/aromatic N) is 4. The summed E-state index contributed by atoms with van der Waals surface area (Å²) in [7, 11) is 1.68. The van der Waals surface area contributed by atoms with Crippen molar-refractivity contribution in [2.45, 2.75) is 60.3 Å². The summed E-state index contributed by atoms with van der Waals surface area (Å²) in [6, 6.07) is 6.31. The van der Waals surface area contributed by atoms with Crippen molar-refractivity contribution in [2.24, 2.45) is 0 Å². The van der Waals surface area contributed by atoms with Crippen LogP contribution in [0.25, 0.3) is 11.4 Å². The summed E-state index contributed by atoms with van der Waals surface area (Å²) in [5, 5.41) is 9.47. The second kappa shape index (κ2) is 11.1. The highest BCUT2D eigenvalue weighted by atomic mass is 16.3. The number of carbonyl (C=O) groups is 1. The molecule has 6 heteroatoms. The molecule has 0 saturated heterocycles. The molecule has 0 fully saturated rings. The molecule has 0 atom stereocenters. The lowest BCUT2D eigenvalue weighted by molar-refractivity contribution is -0.121. The van der Waals surface area contributed by atoms with Crippen molar-refractivity contribution in [3.63, 3.8) is 0 Å². The zero-order valence-corrected chi connectivity index (χ0v) is 19.3. The van der Waals surface area contributed by atoms with E-state index in [4.69, 9.17) is 9.97 Å². The standard InChI is InChI=1S/C24H36N4O2/c1-7-14-28(15-8-2)22-17(5)25-23(26-24(22)27(6)20(30)16-29)21-18(9-3)12-11-13-19(21)10-4/h11-13,29H,7-10,14-16H2,1-6H3. The largest absolute Gasteiger partial charge is 0.387 e. The number of rotatable bonds is 10. The molecule has 0 unspecified atom stereocenters. The lowest BCUT2D eigenvalue weighted by Crippen LogP contribution is -2.34. The molecule has 2 rings (SSSR count). The van der Waals surface area contributed by atoms with Gasteiger partial charge in [0.05, 0.1) is 5.69 Å². The molecule has 0 saturated carbocycles. The van der Waals surface area contributed by atoms with Crippen molar-refractivity contribution in [3.8, 4) is 11.4 Å². The molecule has 0 bridgehead atoms. The van der Waals surface area contributed by atoms with Crippen LogP contribution in [0.5, 0.6) is 0 Å². The van der Waals surface area contributed by atoms with E-state index in [2.05, 4.69) is 50.8 Å². The number of aliphatic hydroxyl groups excluding tert-OH is 1. The highest BCUT2D eigenvalue weighted by Crippen LogP contribution is 2.35. The number of anilines is 2. The fourth-order valence-corrected chi connectivity index (χ4v) is 3.90. The minimum Gasteiger partial charge on any atom is -0.387 e. The number of aryl methyl sites for hydroxylation is 3. The van der Waals surface area contributed by atoms with Crippen molar-refractivity contribution >= 4 is 17.4 Å². The van der Waals surface area contributed by atoms with Gasteiger partial charge in [-0.25, -0.2) is 9.97 Å². The van der Waals surface area contributed by atoms with Gasteiger partial charge in [0.2, 0.25) is 0 Å². The van der Waals surface area contributed by atoms with Gasteiger partial charge >= 0.3 is 0 Å². The normalized spacial score (nSPS) is 10.9. The summed E-state index contributed by atoms with van der Waals surface area (Å²) >= 11 is 0. The number of carbonyl (C=O) groups excluding carboxylic acids is 1.